The summed E-state index contributed by atoms with van der Waals surface area (Å²) in [5, 5.41) is 12.4. The van der Waals surface area contributed by atoms with E-state index in [1.54, 1.807) is 31.2 Å². The van der Waals surface area contributed by atoms with Gasteiger partial charge in [-0.2, -0.15) is 0 Å². The van der Waals surface area contributed by atoms with Crippen molar-refractivity contribution in [2.45, 2.75) is 30.4 Å². The largest absolute Gasteiger partial charge is 0.325 e. The maximum Gasteiger partial charge on any atom is 0.240 e. The van der Waals surface area contributed by atoms with Crippen LogP contribution in [0.5, 0.6) is 0 Å². The SMILES string of the molecule is CCn1c(SCC(=O)Nc2ccc(C)c(S(=O)(=O)NC)c2)nnc1-c1ccc(Cl)cc1. The molecule has 164 valence electrons. The minimum Gasteiger partial charge on any atom is -0.325 e. The van der Waals surface area contributed by atoms with E-state index >= 15 is 0 Å². The molecule has 0 saturated heterocycles. The van der Waals surface area contributed by atoms with Crippen molar-refractivity contribution in [3.63, 3.8) is 0 Å². The van der Waals surface area contributed by atoms with Gasteiger partial charge < -0.3 is 9.88 Å². The van der Waals surface area contributed by atoms with Crippen molar-refractivity contribution in [3.05, 3.63) is 53.1 Å². The molecule has 1 heterocycles. The van der Waals surface area contributed by atoms with Gasteiger partial charge in [0.25, 0.3) is 0 Å². The summed E-state index contributed by atoms with van der Waals surface area (Å²) in [6.07, 6.45) is 0. The molecule has 0 unspecified atom stereocenters. The second-order valence-corrected chi connectivity index (χ2v) is 9.82. The molecule has 3 rings (SSSR count). The summed E-state index contributed by atoms with van der Waals surface area (Å²) >= 11 is 7.21. The van der Waals surface area contributed by atoms with Gasteiger partial charge in [-0.3, -0.25) is 4.79 Å². The lowest BCUT2D eigenvalue weighted by atomic mass is 10.2. The summed E-state index contributed by atoms with van der Waals surface area (Å²) in [4.78, 5) is 12.6. The molecule has 0 aliphatic heterocycles. The van der Waals surface area contributed by atoms with E-state index in [0.29, 0.717) is 33.8 Å². The fraction of sp³-hybridized carbons (Fsp3) is 0.250. The molecule has 0 radical (unpaired) electrons. The van der Waals surface area contributed by atoms with Gasteiger partial charge in [0, 0.05) is 22.8 Å². The standard InChI is InChI=1S/C20H22ClN5O3S2/c1-4-26-19(14-6-8-15(21)9-7-14)24-25-20(26)30-12-18(27)23-16-10-5-13(2)17(11-16)31(28,29)22-3/h5-11,22H,4,12H2,1-3H3,(H,23,27). The average Bonchev–Trinajstić information content (AvgIpc) is 3.17. The quantitative estimate of drug-likeness (QED) is 0.478. The number of hydrogen-bond acceptors (Lipinski definition) is 6. The summed E-state index contributed by atoms with van der Waals surface area (Å²) in [6.45, 7) is 4.31. The van der Waals surface area contributed by atoms with Crippen LogP contribution in [0.1, 0.15) is 12.5 Å². The first-order valence-electron chi connectivity index (χ1n) is 9.41. The number of sulfonamides is 1. The number of carbonyl (C=O) groups excluding carboxylic acids is 1. The predicted molar refractivity (Wildman–Crippen MR) is 123 cm³/mol. The average molecular weight is 480 g/mol. The molecule has 1 amide bonds. The van der Waals surface area contributed by atoms with E-state index in [4.69, 9.17) is 11.6 Å². The molecule has 31 heavy (non-hydrogen) atoms. The number of nitrogens with one attached hydrogen (secondary N) is 2. The highest BCUT2D eigenvalue weighted by atomic mass is 35.5. The highest BCUT2D eigenvalue weighted by molar-refractivity contribution is 7.99. The topological polar surface area (TPSA) is 106 Å². The Balaban J connectivity index is 1.71. The van der Waals surface area contributed by atoms with Gasteiger partial charge in [0.2, 0.25) is 15.9 Å². The molecule has 11 heteroatoms. The van der Waals surface area contributed by atoms with Crippen LogP contribution in [0.25, 0.3) is 11.4 Å². The van der Waals surface area contributed by atoms with Gasteiger partial charge in [-0.1, -0.05) is 29.4 Å². The zero-order valence-corrected chi connectivity index (χ0v) is 19.6. The molecule has 0 spiro atoms. The van der Waals surface area contributed by atoms with Crippen LogP contribution >= 0.6 is 23.4 Å². The zero-order chi connectivity index (χ0) is 22.6. The maximum atomic E-state index is 12.4. The Morgan fingerprint density at radius 2 is 1.87 bits per heavy atom. The normalized spacial score (nSPS) is 11.5. The van der Waals surface area contributed by atoms with E-state index in [2.05, 4.69) is 20.2 Å². The van der Waals surface area contributed by atoms with Crippen molar-refractivity contribution in [2.75, 3.05) is 18.1 Å². The van der Waals surface area contributed by atoms with Crippen LogP contribution in [0.15, 0.2) is 52.5 Å². The van der Waals surface area contributed by atoms with Crippen LogP contribution in [0.4, 0.5) is 5.69 Å². The second kappa shape index (κ2) is 9.82. The molecule has 1 aromatic heterocycles. The Bertz CT molecular complexity index is 1190. The van der Waals surface area contributed by atoms with Gasteiger partial charge >= 0.3 is 0 Å². The molecule has 0 atom stereocenters. The third kappa shape index (κ3) is 5.45. The van der Waals surface area contributed by atoms with E-state index < -0.39 is 10.0 Å². The second-order valence-electron chi connectivity index (χ2n) is 6.58. The van der Waals surface area contributed by atoms with Crippen LogP contribution in [-0.4, -0.2) is 41.9 Å². The van der Waals surface area contributed by atoms with Gasteiger partial charge in [-0.05, 0) is 62.9 Å². The van der Waals surface area contributed by atoms with Gasteiger partial charge in [0.05, 0.1) is 10.6 Å². The Morgan fingerprint density at radius 3 is 2.52 bits per heavy atom. The summed E-state index contributed by atoms with van der Waals surface area (Å²) in [6, 6.07) is 12.1. The minimum absolute atomic E-state index is 0.0980. The molecule has 0 bridgehead atoms. The highest BCUT2D eigenvalue weighted by Crippen LogP contribution is 2.25. The third-order valence-electron chi connectivity index (χ3n) is 4.50. The van der Waals surface area contributed by atoms with Crippen LogP contribution in [0.3, 0.4) is 0 Å². The van der Waals surface area contributed by atoms with E-state index in [-0.39, 0.29) is 16.6 Å². The van der Waals surface area contributed by atoms with E-state index in [1.165, 1.54) is 24.9 Å². The number of benzene rings is 2. The lowest BCUT2D eigenvalue weighted by Gasteiger charge is -2.11. The van der Waals surface area contributed by atoms with E-state index in [9.17, 15) is 13.2 Å². The Labute approximate surface area is 190 Å². The molecular formula is C20H22ClN5O3S2. The molecule has 2 aromatic carbocycles. The van der Waals surface area contributed by atoms with Crippen molar-refractivity contribution in [2.24, 2.45) is 0 Å². The summed E-state index contributed by atoms with van der Waals surface area (Å²) in [5.41, 5.74) is 1.88. The number of amides is 1. The van der Waals surface area contributed by atoms with Gasteiger partial charge in [0.1, 0.15) is 0 Å². The van der Waals surface area contributed by atoms with Crippen LogP contribution in [0.2, 0.25) is 5.02 Å². The van der Waals surface area contributed by atoms with Crippen LogP contribution < -0.4 is 10.0 Å². The van der Waals surface area contributed by atoms with Crippen molar-refractivity contribution in [3.8, 4) is 11.4 Å². The molecule has 0 fully saturated rings. The van der Waals surface area contributed by atoms with Gasteiger partial charge in [-0.15, -0.1) is 10.2 Å². The predicted octanol–water partition coefficient (Wildman–Crippen LogP) is 3.57. The van der Waals surface area contributed by atoms with E-state index in [1.807, 2.05) is 23.6 Å². The first-order chi connectivity index (χ1) is 14.7. The number of hydrogen-bond donors (Lipinski definition) is 2. The fourth-order valence-electron chi connectivity index (χ4n) is 2.90. The van der Waals surface area contributed by atoms with Gasteiger partial charge in [0.15, 0.2) is 11.0 Å². The first-order valence-corrected chi connectivity index (χ1v) is 12.3. The maximum absolute atomic E-state index is 12.4. The molecule has 0 aliphatic carbocycles. The summed E-state index contributed by atoms with van der Waals surface area (Å²) in [7, 11) is -2.27. The summed E-state index contributed by atoms with van der Waals surface area (Å²) in [5.74, 6) is 0.517. The van der Waals surface area contributed by atoms with Gasteiger partial charge in [-0.25, -0.2) is 13.1 Å². The number of halogens is 1. The van der Waals surface area contributed by atoms with E-state index in [0.717, 1.165) is 5.56 Å². The molecule has 0 aliphatic rings. The zero-order valence-electron chi connectivity index (χ0n) is 17.2. The lowest BCUT2D eigenvalue weighted by molar-refractivity contribution is -0.113. The number of nitrogens with zero attached hydrogens (tertiary/aromatic N) is 3. The van der Waals surface area contributed by atoms with Crippen molar-refractivity contribution < 1.29 is 13.2 Å². The molecule has 0 saturated carbocycles. The number of aromatic nitrogens is 3. The highest BCUT2D eigenvalue weighted by Gasteiger charge is 2.17. The minimum atomic E-state index is -3.61. The number of carbonyl (C=O) groups is 1. The number of thioether (sulfide) groups is 1. The first kappa shape index (κ1) is 23.3. The summed E-state index contributed by atoms with van der Waals surface area (Å²) < 4.78 is 28.5. The lowest BCUT2D eigenvalue weighted by Crippen LogP contribution is -2.20. The smallest absolute Gasteiger partial charge is 0.240 e. The molecule has 2 N–H and O–H groups in total. The van der Waals surface area contributed by atoms with Crippen LogP contribution in [-0.2, 0) is 21.4 Å². The monoisotopic (exact) mass is 479 g/mol. The Morgan fingerprint density at radius 1 is 1.16 bits per heavy atom. The number of rotatable bonds is 8. The van der Waals surface area contributed by atoms with Crippen LogP contribution in [0, 0.1) is 6.92 Å². The van der Waals surface area contributed by atoms with Crippen molar-refractivity contribution in [1.82, 2.24) is 19.5 Å². The third-order valence-corrected chi connectivity index (χ3v) is 7.27. The Hall–Kier alpha value is -2.40. The van der Waals surface area contributed by atoms with Crippen molar-refractivity contribution >= 4 is 45.0 Å². The molecular weight excluding hydrogens is 458 g/mol. The van der Waals surface area contributed by atoms with Crippen molar-refractivity contribution in [1.29, 1.82) is 0 Å². The molecule has 8 nitrogen and oxygen atoms in total. The Kier molecular flexibility index (Phi) is 7.37. The number of anilines is 1. The fourth-order valence-corrected chi connectivity index (χ4v) is 4.82. The number of aryl methyl sites for hydroxylation is 1. The molecule has 3 aromatic rings.